The van der Waals surface area contributed by atoms with E-state index in [9.17, 15) is 14.7 Å². The van der Waals surface area contributed by atoms with Crippen LogP contribution in [0.1, 0.15) is 50.1 Å². The molecule has 1 aromatic carbocycles. The lowest BCUT2D eigenvalue weighted by molar-refractivity contribution is -0.145. The molecule has 0 bridgehead atoms. The predicted octanol–water partition coefficient (Wildman–Crippen LogP) is 3.25. The fraction of sp³-hybridized carbons (Fsp3) is 0.579. The lowest BCUT2D eigenvalue weighted by Crippen LogP contribution is -2.38. The number of amides is 1. The Labute approximate surface area is 142 Å². The van der Waals surface area contributed by atoms with Crippen molar-refractivity contribution in [2.45, 2.75) is 44.6 Å². The Morgan fingerprint density at radius 3 is 2.71 bits per heavy atom. The molecule has 1 saturated heterocycles. The lowest BCUT2D eigenvalue weighted by atomic mass is 9.80. The highest BCUT2D eigenvalue weighted by Crippen LogP contribution is 2.37. The average molecular weight is 331 g/mol. The van der Waals surface area contributed by atoms with Gasteiger partial charge in [0.15, 0.2) is 0 Å². The summed E-state index contributed by atoms with van der Waals surface area (Å²) in [7, 11) is 1.64. The van der Waals surface area contributed by atoms with Crippen LogP contribution in [0.3, 0.4) is 0 Å². The number of carbonyl (C=O) groups is 2. The zero-order chi connectivity index (χ0) is 17.1. The van der Waals surface area contributed by atoms with E-state index in [0.717, 1.165) is 43.5 Å². The molecule has 1 heterocycles. The van der Waals surface area contributed by atoms with Gasteiger partial charge in [-0.05, 0) is 49.8 Å². The van der Waals surface area contributed by atoms with Crippen LogP contribution in [-0.4, -0.2) is 35.5 Å². The number of carboxylic acids is 1. The number of likely N-dealkylation sites (tertiary alicyclic amines) is 1. The summed E-state index contributed by atoms with van der Waals surface area (Å²) in [5, 5.41) is 9.25. The van der Waals surface area contributed by atoms with Gasteiger partial charge >= 0.3 is 5.97 Å². The van der Waals surface area contributed by atoms with Gasteiger partial charge in [-0.2, -0.15) is 0 Å². The standard InChI is InChI=1S/C19H25NO4/c1-24-16-8-3-5-13(12-16)17-9-4-10-20(17)18(21)14-6-2-7-15(11-14)19(22)23/h3,5,8,12,14-15,17H,2,4,6-7,9-11H2,1H3,(H,22,23). The third kappa shape index (κ3) is 3.40. The van der Waals surface area contributed by atoms with Gasteiger partial charge in [0.25, 0.3) is 0 Å². The number of ether oxygens (including phenoxy) is 1. The Morgan fingerprint density at radius 1 is 1.17 bits per heavy atom. The van der Waals surface area contributed by atoms with Gasteiger partial charge in [-0.15, -0.1) is 0 Å². The maximum atomic E-state index is 13.0. The molecule has 5 nitrogen and oxygen atoms in total. The minimum absolute atomic E-state index is 0.0813. The summed E-state index contributed by atoms with van der Waals surface area (Å²) >= 11 is 0. The van der Waals surface area contributed by atoms with Crippen LogP contribution in [0.2, 0.25) is 0 Å². The number of aliphatic carboxylic acids is 1. The largest absolute Gasteiger partial charge is 0.497 e. The summed E-state index contributed by atoms with van der Waals surface area (Å²) in [6.07, 6.45) is 4.75. The van der Waals surface area contributed by atoms with Gasteiger partial charge < -0.3 is 14.7 Å². The topological polar surface area (TPSA) is 66.8 Å². The van der Waals surface area contributed by atoms with Gasteiger partial charge in [0.2, 0.25) is 5.91 Å². The number of rotatable bonds is 4. The van der Waals surface area contributed by atoms with Gasteiger partial charge in [0, 0.05) is 12.5 Å². The maximum Gasteiger partial charge on any atom is 0.306 e. The highest BCUT2D eigenvalue weighted by atomic mass is 16.5. The molecule has 1 aliphatic heterocycles. The van der Waals surface area contributed by atoms with E-state index in [1.807, 2.05) is 29.2 Å². The second-order valence-corrected chi connectivity index (χ2v) is 6.86. The zero-order valence-electron chi connectivity index (χ0n) is 14.1. The minimum Gasteiger partial charge on any atom is -0.497 e. The van der Waals surface area contributed by atoms with Gasteiger partial charge in [-0.25, -0.2) is 0 Å². The van der Waals surface area contributed by atoms with Crippen LogP contribution in [0, 0.1) is 11.8 Å². The molecule has 1 saturated carbocycles. The summed E-state index contributed by atoms with van der Waals surface area (Å²) in [4.78, 5) is 26.2. The maximum absolute atomic E-state index is 13.0. The van der Waals surface area contributed by atoms with Crippen LogP contribution in [0.15, 0.2) is 24.3 Å². The first-order chi connectivity index (χ1) is 11.6. The summed E-state index contributed by atoms with van der Waals surface area (Å²) < 4.78 is 5.30. The molecular weight excluding hydrogens is 306 g/mol. The first-order valence-corrected chi connectivity index (χ1v) is 8.77. The van der Waals surface area contributed by atoms with Gasteiger partial charge in [0.05, 0.1) is 19.1 Å². The van der Waals surface area contributed by atoms with Crippen LogP contribution in [0.25, 0.3) is 0 Å². The Kier molecular flexibility index (Phi) is 5.07. The molecule has 2 aliphatic rings. The van der Waals surface area contributed by atoms with Crippen LogP contribution in [-0.2, 0) is 9.59 Å². The van der Waals surface area contributed by atoms with E-state index in [0.29, 0.717) is 12.8 Å². The van der Waals surface area contributed by atoms with Crippen molar-refractivity contribution in [3.05, 3.63) is 29.8 Å². The van der Waals surface area contributed by atoms with Crippen LogP contribution in [0.4, 0.5) is 0 Å². The van der Waals surface area contributed by atoms with Crippen molar-refractivity contribution in [3.63, 3.8) is 0 Å². The molecule has 1 aromatic rings. The first-order valence-electron chi connectivity index (χ1n) is 8.77. The van der Waals surface area contributed by atoms with Crippen molar-refractivity contribution >= 4 is 11.9 Å². The number of methoxy groups -OCH3 is 1. The molecule has 1 aliphatic carbocycles. The third-order valence-electron chi connectivity index (χ3n) is 5.39. The van der Waals surface area contributed by atoms with E-state index < -0.39 is 5.97 Å². The Hall–Kier alpha value is -2.04. The summed E-state index contributed by atoms with van der Waals surface area (Å²) in [6.45, 7) is 0.759. The smallest absolute Gasteiger partial charge is 0.306 e. The highest BCUT2D eigenvalue weighted by Gasteiger charge is 2.37. The molecule has 3 unspecified atom stereocenters. The normalized spacial score (nSPS) is 27.0. The zero-order valence-corrected chi connectivity index (χ0v) is 14.1. The van der Waals surface area contributed by atoms with Gasteiger partial charge in [-0.1, -0.05) is 18.6 Å². The lowest BCUT2D eigenvalue weighted by Gasteiger charge is -2.32. The third-order valence-corrected chi connectivity index (χ3v) is 5.39. The molecular formula is C19H25NO4. The van der Waals surface area contributed by atoms with Crippen LogP contribution < -0.4 is 4.74 Å². The Morgan fingerprint density at radius 2 is 1.96 bits per heavy atom. The van der Waals surface area contributed by atoms with Crippen molar-refractivity contribution in [2.24, 2.45) is 11.8 Å². The molecule has 130 valence electrons. The van der Waals surface area contributed by atoms with Crippen molar-refractivity contribution in [3.8, 4) is 5.75 Å². The van der Waals surface area contributed by atoms with Crippen molar-refractivity contribution in [1.29, 1.82) is 0 Å². The summed E-state index contributed by atoms with van der Waals surface area (Å²) in [6, 6.07) is 7.98. The molecule has 0 aromatic heterocycles. The number of carboxylic acid groups (broad SMARTS) is 1. The predicted molar refractivity (Wildman–Crippen MR) is 89.8 cm³/mol. The van der Waals surface area contributed by atoms with Crippen LogP contribution >= 0.6 is 0 Å². The van der Waals surface area contributed by atoms with E-state index in [2.05, 4.69) is 0 Å². The average Bonchev–Trinajstić information content (AvgIpc) is 3.11. The Bertz CT molecular complexity index is 615. The van der Waals surface area contributed by atoms with E-state index in [1.165, 1.54) is 0 Å². The van der Waals surface area contributed by atoms with Crippen molar-refractivity contribution < 1.29 is 19.4 Å². The van der Waals surface area contributed by atoms with Crippen LogP contribution in [0.5, 0.6) is 5.75 Å². The summed E-state index contributed by atoms with van der Waals surface area (Å²) in [5.41, 5.74) is 1.10. The van der Waals surface area contributed by atoms with Crippen molar-refractivity contribution in [2.75, 3.05) is 13.7 Å². The minimum atomic E-state index is -0.765. The molecule has 0 spiro atoms. The summed E-state index contributed by atoms with van der Waals surface area (Å²) in [5.74, 6) is -0.350. The molecule has 0 radical (unpaired) electrons. The second kappa shape index (κ2) is 7.24. The van der Waals surface area contributed by atoms with Crippen molar-refractivity contribution in [1.82, 2.24) is 4.90 Å². The molecule has 5 heteroatoms. The number of hydrogen-bond donors (Lipinski definition) is 1. The molecule has 24 heavy (non-hydrogen) atoms. The van der Waals surface area contributed by atoms with E-state index >= 15 is 0 Å². The molecule has 2 fully saturated rings. The number of hydrogen-bond acceptors (Lipinski definition) is 3. The highest BCUT2D eigenvalue weighted by molar-refractivity contribution is 5.81. The molecule has 1 N–H and O–H groups in total. The quantitative estimate of drug-likeness (QED) is 0.920. The second-order valence-electron chi connectivity index (χ2n) is 6.86. The van der Waals surface area contributed by atoms with E-state index in [4.69, 9.17) is 4.74 Å². The van der Waals surface area contributed by atoms with Gasteiger partial charge in [-0.3, -0.25) is 9.59 Å². The molecule has 1 amide bonds. The molecule has 3 atom stereocenters. The number of nitrogens with zero attached hydrogens (tertiary/aromatic N) is 1. The fourth-order valence-corrected chi connectivity index (χ4v) is 4.10. The molecule has 3 rings (SSSR count). The first kappa shape index (κ1) is 16.8. The Balaban J connectivity index is 1.74. The monoisotopic (exact) mass is 331 g/mol. The number of carbonyl (C=O) groups excluding carboxylic acids is 1. The van der Waals surface area contributed by atoms with Gasteiger partial charge in [0.1, 0.15) is 5.75 Å². The van der Waals surface area contributed by atoms with E-state index in [1.54, 1.807) is 7.11 Å². The van der Waals surface area contributed by atoms with E-state index in [-0.39, 0.29) is 23.8 Å². The fourth-order valence-electron chi connectivity index (χ4n) is 4.10. The SMILES string of the molecule is COc1cccc(C2CCCN2C(=O)C2CCCC(C(=O)O)C2)c1. The number of benzene rings is 1.